The summed E-state index contributed by atoms with van der Waals surface area (Å²) < 4.78 is 0. The molecule has 1 heterocycles. The van der Waals surface area contributed by atoms with E-state index in [0.717, 1.165) is 0 Å². The van der Waals surface area contributed by atoms with Crippen LogP contribution in [0.1, 0.15) is 30.1 Å². The van der Waals surface area contributed by atoms with Crippen LogP contribution in [0.3, 0.4) is 0 Å². The van der Waals surface area contributed by atoms with Gasteiger partial charge in [0.15, 0.2) is 0 Å². The molecule has 1 aromatic heterocycles. The van der Waals surface area contributed by atoms with Crippen molar-refractivity contribution in [2.24, 2.45) is 5.41 Å². The Morgan fingerprint density at radius 1 is 1.53 bits per heavy atom. The fourth-order valence-corrected chi connectivity index (χ4v) is 1.31. The Balaban J connectivity index is 1.92. The van der Waals surface area contributed by atoms with Gasteiger partial charge in [-0.15, -0.1) is 0 Å². The van der Waals surface area contributed by atoms with E-state index in [1.807, 2.05) is 0 Å². The maximum atomic E-state index is 11.6. The van der Waals surface area contributed by atoms with Crippen LogP contribution in [0.15, 0.2) is 12.4 Å². The monoisotopic (exact) mass is 225 g/mol. The zero-order valence-corrected chi connectivity index (χ0v) is 9.21. The lowest BCUT2D eigenvalue weighted by Gasteiger charge is -2.09. The van der Waals surface area contributed by atoms with Crippen LogP contribution in [-0.2, 0) is 0 Å². The number of halogens is 1. The Morgan fingerprint density at radius 3 is 2.67 bits per heavy atom. The molecular formula is C10H12ClN3O. The summed E-state index contributed by atoms with van der Waals surface area (Å²) in [5.41, 5.74) is 0.756. The minimum atomic E-state index is -0.139. The molecule has 0 saturated heterocycles. The Labute approximate surface area is 93.1 Å². The molecule has 1 N–H and O–H groups in total. The van der Waals surface area contributed by atoms with Gasteiger partial charge in [0.2, 0.25) is 5.28 Å². The fraction of sp³-hybridized carbons (Fsp3) is 0.500. The van der Waals surface area contributed by atoms with Crippen molar-refractivity contribution >= 4 is 17.5 Å². The SMILES string of the molecule is CC1(CNC(=O)c2cnc(Cl)nc2)CC1. The second-order valence-corrected chi connectivity index (χ2v) is 4.57. The first-order valence-corrected chi connectivity index (χ1v) is 5.23. The molecule has 1 saturated carbocycles. The molecule has 0 aromatic carbocycles. The van der Waals surface area contributed by atoms with Crippen LogP contribution >= 0.6 is 11.6 Å². The summed E-state index contributed by atoms with van der Waals surface area (Å²) in [6.07, 6.45) is 5.23. The highest BCUT2D eigenvalue weighted by atomic mass is 35.5. The van der Waals surface area contributed by atoms with Crippen LogP contribution in [0.2, 0.25) is 5.28 Å². The van der Waals surface area contributed by atoms with Crippen LogP contribution in [0.4, 0.5) is 0 Å². The first-order valence-electron chi connectivity index (χ1n) is 4.85. The van der Waals surface area contributed by atoms with Gasteiger partial charge in [-0.3, -0.25) is 4.79 Å². The highest BCUT2D eigenvalue weighted by Gasteiger charge is 2.37. The number of hydrogen-bond acceptors (Lipinski definition) is 3. The van der Waals surface area contributed by atoms with Gasteiger partial charge < -0.3 is 5.32 Å². The highest BCUT2D eigenvalue weighted by Crippen LogP contribution is 2.44. The van der Waals surface area contributed by atoms with Crippen molar-refractivity contribution in [2.45, 2.75) is 19.8 Å². The first-order chi connectivity index (χ1) is 7.09. The topological polar surface area (TPSA) is 54.9 Å². The minimum Gasteiger partial charge on any atom is -0.351 e. The van der Waals surface area contributed by atoms with Crippen molar-refractivity contribution in [2.75, 3.05) is 6.54 Å². The second-order valence-electron chi connectivity index (χ2n) is 4.23. The summed E-state index contributed by atoms with van der Waals surface area (Å²) in [5.74, 6) is -0.139. The summed E-state index contributed by atoms with van der Waals surface area (Å²) in [5, 5.41) is 3.01. The molecule has 4 nitrogen and oxygen atoms in total. The number of rotatable bonds is 3. The molecule has 0 atom stereocenters. The van der Waals surface area contributed by atoms with Crippen LogP contribution in [0.25, 0.3) is 0 Å². The van der Waals surface area contributed by atoms with Crippen LogP contribution in [-0.4, -0.2) is 22.4 Å². The zero-order chi connectivity index (χ0) is 10.9. The Bertz CT molecular complexity index is 373. The van der Waals surface area contributed by atoms with Gasteiger partial charge in [-0.05, 0) is 29.9 Å². The van der Waals surface area contributed by atoms with Gasteiger partial charge in [0, 0.05) is 18.9 Å². The summed E-state index contributed by atoms with van der Waals surface area (Å²) in [4.78, 5) is 19.1. The molecule has 1 amide bonds. The molecule has 1 aliphatic carbocycles. The van der Waals surface area contributed by atoms with Gasteiger partial charge in [-0.1, -0.05) is 6.92 Å². The fourth-order valence-electron chi connectivity index (χ4n) is 1.22. The number of carbonyl (C=O) groups is 1. The lowest BCUT2D eigenvalue weighted by molar-refractivity contribution is 0.0945. The molecule has 1 fully saturated rings. The quantitative estimate of drug-likeness (QED) is 0.796. The molecule has 0 aliphatic heterocycles. The van der Waals surface area contributed by atoms with Crippen molar-refractivity contribution in [3.8, 4) is 0 Å². The highest BCUT2D eigenvalue weighted by molar-refractivity contribution is 6.28. The Kier molecular flexibility index (Phi) is 2.61. The number of amides is 1. The maximum absolute atomic E-state index is 11.6. The van der Waals surface area contributed by atoms with Gasteiger partial charge >= 0.3 is 0 Å². The van der Waals surface area contributed by atoms with E-state index in [0.29, 0.717) is 17.5 Å². The molecule has 0 unspecified atom stereocenters. The average molecular weight is 226 g/mol. The summed E-state index contributed by atoms with van der Waals surface area (Å²) in [7, 11) is 0. The van der Waals surface area contributed by atoms with Gasteiger partial charge in [0.05, 0.1) is 5.56 Å². The normalized spacial score (nSPS) is 17.2. The molecular weight excluding hydrogens is 214 g/mol. The van der Waals surface area contributed by atoms with E-state index in [4.69, 9.17) is 11.6 Å². The number of carbonyl (C=O) groups excluding carboxylic acids is 1. The molecule has 0 spiro atoms. The van der Waals surface area contributed by atoms with Gasteiger partial charge in [0.25, 0.3) is 5.91 Å². The third-order valence-electron chi connectivity index (χ3n) is 2.66. The van der Waals surface area contributed by atoms with Crippen LogP contribution < -0.4 is 5.32 Å². The van der Waals surface area contributed by atoms with Gasteiger partial charge in [-0.25, -0.2) is 9.97 Å². The molecule has 0 radical (unpaired) electrons. The molecule has 2 rings (SSSR count). The largest absolute Gasteiger partial charge is 0.351 e. The van der Waals surface area contributed by atoms with E-state index in [1.165, 1.54) is 25.2 Å². The van der Waals surface area contributed by atoms with E-state index in [2.05, 4.69) is 22.2 Å². The van der Waals surface area contributed by atoms with Crippen molar-refractivity contribution in [3.05, 3.63) is 23.2 Å². The molecule has 15 heavy (non-hydrogen) atoms. The minimum absolute atomic E-state index is 0.139. The molecule has 80 valence electrons. The van der Waals surface area contributed by atoms with E-state index in [1.54, 1.807) is 0 Å². The average Bonchev–Trinajstić information content (AvgIpc) is 2.95. The van der Waals surface area contributed by atoms with Crippen molar-refractivity contribution < 1.29 is 4.79 Å². The van der Waals surface area contributed by atoms with Crippen molar-refractivity contribution in [1.82, 2.24) is 15.3 Å². The van der Waals surface area contributed by atoms with Gasteiger partial charge in [0.1, 0.15) is 0 Å². The van der Waals surface area contributed by atoms with E-state index < -0.39 is 0 Å². The Morgan fingerprint density at radius 2 is 2.13 bits per heavy atom. The molecule has 1 aliphatic rings. The first kappa shape index (κ1) is 10.4. The maximum Gasteiger partial charge on any atom is 0.254 e. The number of nitrogens with zero attached hydrogens (tertiary/aromatic N) is 2. The predicted molar refractivity (Wildman–Crippen MR) is 56.7 cm³/mol. The smallest absolute Gasteiger partial charge is 0.254 e. The number of aromatic nitrogens is 2. The number of hydrogen-bond donors (Lipinski definition) is 1. The van der Waals surface area contributed by atoms with Crippen LogP contribution in [0.5, 0.6) is 0 Å². The van der Waals surface area contributed by atoms with Crippen molar-refractivity contribution in [1.29, 1.82) is 0 Å². The van der Waals surface area contributed by atoms with Crippen molar-refractivity contribution in [3.63, 3.8) is 0 Å². The summed E-state index contributed by atoms with van der Waals surface area (Å²) in [6, 6.07) is 0. The third-order valence-corrected chi connectivity index (χ3v) is 2.86. The molecule has 1 aromatic rings. The summed E-state index contributed by atoms with van der Waals surface area (Å²) in [6.45, 7) is 2.88. The van der Waals surface area contributed by atoms with E-state index in [-0.39, 0.29) is 11.2 Å². The number of nitrogens with one attached hydrogen (secondary N) is 1. The lowest BCUT2D eigenvalue weighted by Crippen LogP contribution is -2.29. The van der Waals surface area contributed by atoms with E-state index >= 15 is 0 Å². The molecule has 5 heteroatoms. The lowest BCUT2D eigenvalue weighted by atomic mass is 10.1. The van der Waals surface area contributed by atoms with Gasteiger partial charge in [-0.2, -0.15) is 0 Å². The predicted octanol–water partition coefficient (Wildman–Crippen LogP) is 1.66. The Hall–Kier alpha value is -1.16. The molecule has 0 bridgehead atoms. The zero-order valence-electron chi connectivity index (χ0n) is 8.46. The van der Waals surface area contributed by atoms with E-state index in [9.17, 15) is 4.79 Å². The standard InChI is InChI=1S/C10H12ClN3O/c1-10(2-3-10)6-14-8(15)7-4-12-9(11)13-5-7/h4-5H,2-3,6H2,1H3,(H,14,15). The third kappa shape index (κ3) is 2.65. The summed E-state index contributed by atoms with van der Waals surface area (Å²) >= 11 is 5.52. The van der Waals surface area contributed by atoms with Crippen LogP contribution in [0, 0.1) is 5.41 Å². The second kappa shape index (κ2) is 3.77.